The van der Waals surface area contributed by atoms with E-state index in [-0.39, 0.29) is 5.91 Å². The van der Waals surface area contributed by atoms with Crippen molar-refractivity contribution in [2.75, 3.05) is 23.3 Å². The summed E-state index contributed by atoms with van der Waals surface area (Å²) < 4.78 is 1.86. The summed E-state index contributed by atoms with van der Waals surface area (Å²) in [6.45, 7) is 4.92. The van der Waals surface area contributed by atoms with E-state index < -0.39 is 0 Å². The van der Waals surface area contributed by atoms with Crippen molar-refractivity contribution in [2.24, 2.45) is 5.92 Å². The van der Waals surface area contributed by atoms with Crippen LogP contribution in [0.1, 0.15) is 19.8 Å². The summed E-state index contributed by atoms with van der Waals surface area (Å²) in [6.07, 6.45) is 6.30. The molecule has 4 heteroatoms. The number of nitrogens with zero attached hydrogens (tertiary/aromatic N) is 2. The van der Waals surface area contributed by atoms with Crippen LogP contribution in [0.4, 0.5) is 11.4 Å². The number of hydrogen-bond acceptors (Lipinski definition) is 2. The standard InChI is InChI=1S/C18H23N3O/c1-15-8-12-21(13-9-15)17-6-4-16(5-7-17)19-18(22)14-20-10-2-3-11-20/h2-7,10-11,15H,8-9,12-14H2,1H3,(H,19,22). The third-order valence-electron chi connectivity index (χ3n) is 4.29. The topological polar surface area (TPSA) is 37.3 Å². The van der Waals surface area contributed by atoms with E-state index in [9.17, 15) is 4.79 Å². The molecule has 1 aliphatic rings. The van der Waals surface area contributed by atoms with Crippen molar-refractivity contribution < 1.29 is 4.79 Å². The van der Waals surface area contributed by atoms with E-state index in [0.717, 1.165) is 24.7 Å². The van der Waals surface area contributed by atoms with Gasteiger partial charge in [0.15, 0.2) is 0 Å². The van der Waals surface area contributed by atoms with Gasteiger partial charge in [-0.25, -0.2) is 0 Å². The highest BCUT2D eigenvalue weighted by Gasteiger charge is 2.15. The molecule has 3 rings (SSSR count). The Morgan fingerprint density at radius 3 is 2.41 bits per heavy atom. The smallest absolute Gasteiger partial charge is 0.244 e. The molecule has 0 spiro atoms. The van der Waals surface area contributed by atoms with Gasteiger partial charge in [0.25, 0.3) is 0 Å². The van der Waals surface area contributed by atoms with Gasteiger partial charge in [-0.2, -0.15) is 0 Å². The molecule has 2 aromatic rings. The number of hydrogen-bond donors (Lipinski definition) is 1. The maximum atomic E-state index is 12.0. The van der Waals surface area contributed by atoms with E-state index in [2.05, 4.69) is 29.3 Å². The first-order valence-corrected chi connectivity index (χ1v) is 7.96. The molecule has 4 nitrogen and oxygen atoms in total. The Kier molecular flexibility index (Phi) is 4.47. The highest BCUT2D eigenvalue weighted by Crippen LogP contribution is 2.24. The van der Waals surface area contributed by atoms with Crippen molar-refractivity contribution in [3.63, 3.8) is 0 Å². The average Bonchev–Trinajstić information content (AvgIpc) is 3.02. The van der Waals surface area contributed by atoms with Crippen LogP contribution in [0.3, 0.4) is 0 Å². The van der Waals surface area contributed by atoms with Gasteiger partial charge in [-0.05, 0) is 55.2 Å². The minimum Gasteiger partial charge on any atom is -0.372 e. The van der Waals surface area contributed by atoms with E-state index in [1.54, 1.807) is 0 Å². The molecule has 1 amide bonds. The fourth-order valence-electron chi connectivity index (χ4n) is 2.86. The number of amides is 1. The summed E-state index contributed by atoms with van der Waals surface area (Å²) in [7, 11) is 0. The molecule has 0 atom stereocenters. The van der Waals surface area contributed by atoms with Gasteiger partial charge < -0.3 is 14.8 Å². The minimum atomic E-state index is -0.00394. The van der Waals surface area contributed by atoms with Crippen LogP contribution in [-0.4, -0.2) is 23.6 Å². The second-order valence-electron chi connectivity index (χ2n) is 6.12. The van der Waals surface area contributed by atoms with Crippen LogP contribution < -0.4 is 10.2 Å². The Labute approximate surface area is 131 Å². The van der Waals surface area contributed by atoms with Gasteiger partial charge in [-0.3, -0.25) is 4.79 Å². The summed E-state index contributed by atoms with van der Waals surface area (Å²) in [6, 6.07) is 12.0. The van der Waals surface area contributed by atoms with E-state index >= 15 is 0 Å². The second kappa shape index (κ2) is 6.69. The Morgan fingerprint density at radius 1 is 1.14 bits per heavy atom. The molecule has 0 aliphatic carbocycles. The number of piperidine rings is 1. The first-order chi connectivity index (χ1) is 10.7. The summed E-state index contributed by atoms with van der Waals surface area (Å²) >= 11 is 0. The maximum absolute atomic E-state index is 12.0. The summed E-state index contributed by atoms with van der Waals surface area (Å²) in [4.78, 5) is 14.4. The lowest BCUT2D eigenvalue weighted by Gasteiger charge is -2.32. The Morgan fingerprint density at radius 2 is 1.77 bits per heavy atom. The van der Waals surface area contributed by atoms with Crippen LogP contribution >= 0.6 is 0 Å². The lowest BCUT2D eigenvalue weighted by molar-refractivity contribution is -0.116. The van der Waals surface area contributed by atoms with Crippen LogP contribution in [0, 0.1) is 5.92 Å². The molecule has 1 N–H and O–H groups in total. The Balaban J connectivity index is 1.56. The van der Waals surface area contributed by atoms with Gasteiger partial charge in [-0.1, -0.05) is 6.92 Å². The van der Waals surface area contributed by atoms with Crippen molar-refractivity contribution in [2.45, 2.75) is 26.3 Å². The SMILES string of the molecule is CC1CCN(c2ccc(NC(=O)Cn3cccc3)cc2)CC1. The third-order valence-corrected chi connectivity index (χ3v) is 4.29. The molecule has 116 valence electrons. The number of carbonyl (C=O) groups is 1. The van der Waals surface area contributed by atoms with E-state index in [4.69, 9.17) is 0 Å². The van der Waals surface area contributed by atoms with Crippen molar-refractivity contribution in [3.8, 4) is 0 Å². The molecular formula is C18H23N3O. The zero-order valence-electron chi connectivity index (χ0n) is 13.0. The minimum absolute atomic E-state index is 0.00394. The number of rotatable bonds is 4. The van der Waals surface area contributed by atoms with Crippen LogP contribution in [-0.2, 0) is 11.3 Å². The lowest BCUT2D eigenvalue weighted by Crippen LogP contribution is -2.32. The number of aromatic nitrogens is 1. The maximum Gasteiger partial charge on any atom is 0.244 e. The van der Waals surface area contributed by atoms with Crippen LogP contribution in [0.2, 0.25) is 0 Å². The fraction of sp³-hybridized carbons (Fsp3) is 0.389. The first-order valence-electron chi connectivity index (χ1n) is 7.96. The second-order valence-corrected chi connectivity index (χ2v) is 6.12. The molecule has 0 bridgehead atoms. The fourth-order valence-corrected chi connectivity index (χ4v) is 2.86. The Hall–Kier alpha value is -2.23. The predicted molar refractivity (Wildman–Crippen MR) is 90.1 cm³/mol. The molecule has 0 unspecified atom stereocenters. The van der Waals surface area contributed by atoms with Gasteiger partial charge in [0.1, 0.15) is 6.54 Å². The van der Waals surface area contributed by atoms with Crippen molar-refractivity contribution in [1.82, 2.24) is 4.57 Å². The highest BCUT2D eigenvalue weighted by atomic mass is 16.1. The zero-order valence-corrected chi connectivity index (χ0v) is 13.0. The third kappa shape index (κ3) is 3.70. The average molecular weight is 297 g/mol. The molecule has 0 radical (unpaired) electrons. The largest absolute Gasteiger partial charge is 0.372 e. The first kappa shape index (κ1) is 14.7. The molecule has 1 saturated heterocycles. The van der Waals surface area contributed by atoms with Crippen LogP contribution in [0.5, 0.6) is 0 Å². The molecule has 1 aromatic heterocycles. The summed E-state index contributed by atoms with van der Waals surface area (Å²) in [5.74, 6) is 0.833. The van der Waals surface area contributed by atoms with Gasteiger partial charge in [0.05, 0.1) is 0 Å². The van der Waals surface area contributed by atoms with Crippen LogP contribution in [0.15, 0.2) is 48.8 Å². The predicted octanol–water partition coefficient (Wildman–Crippen LogP) is 3.36. The molecule has 1 aromatic carbocycles. The Bertz CT molecular complexity index is 596. The summed E-state index contributed by atoms with van der Waals surface area (Å²) in [5, 5.41) is 2.94. The van der Waals surface area contributed by atoms with Crippen molar-refractivity contribution in [1.29, 1.82) is 0 Å². The molecular weight excluding hydrogens is 274 g/mol. The number of anilines is 2. The van der Waals surface area contributed by atoms with Crippen LogP contribution in [0.25, 0.3) is 0 Å². The summed E-state index contributed by atoms with van der Waals surface area (Å²) in [5.41, 5.74) is 2.10. The number of benzene rings is 1. The molecule has 1 fully saturated rings. The van der Waals surface area contributed by atoms with Gasteiger partial charge >= 0.3 is 0 Å². The van der Waals surface area contributed by atoms with Crippen molar-refractivity contribution >= 4 is 17.3 Å². The molecule has 1 aliphatic heterocycles. The van der Waals surface area contributed by atoms with E-state index in [0.29, 0.717) is 6.54 Å². The molecule has 0 saturated carbocycles. The lowest BCUT2D eigenvalue weighted by atomic mass is 9.99. The highest BCUT2D eigenvalue weighted by molar-refractivity contribution is 5.90. The number of carbonyl (C=O) groups excluding carboxylic acids is 1. The molecule has 22 heavy (non-hydrogen) atoms. The number of nitrogens with one attached hydrogen (secondary N) is 1. The zero-order chi connectivity index (χ0) is 15.4. The van der Waals surface area contributed by atoms with Gasteiger partial charge in [-0.15, -0.1) is 0 Å². The monoisotopic (exact) mass is 297 g/mol. The quantitative estimate of drug-likeness (QED) is 0.939. The van der Waals surface area contributed by atoms with E-state index in [1.807, 2.05) is 41.2 Å². The normalized spacial score (nSPS) is 15.8. The van der Waals surface area contributed by atoms with Crippen molar-refractivity contribution in [3.05, 3.63) is 48.8 Å². The van der Waals surface area contributed by atoms with Gasteiger partial charge in [0, 0.05) is 36.9 Å². The van der Waals surface area contributed by atoms with Gasteiger partial charge in [0.2, 0.25) is 5.91 Å². The molecule has 2 heterocycles. The van der Waals surface area contributed by atoms with E-state index in [1.165, 1.54) is 18.5 Å².